The fourth-order valence-corrected chi connectivity index (χ4v) is 4.58. The Bertz CT molecular complexity index is 1100. The number of rotatable bonds is 3. The van der Waals surface area contributed by atoms with Gasteiger partial charge in [-0.15, -0.1) is 22.7 Å². The lowest BCUT2D eigenvalue weighted by atomic mass is 10.2. The number of thiophene rings is 1. The van der Waals surface area contributed by atoms with E-state index in [1.165, 1.54) is 22.7 Å². The lowest BCUT2D eigenvalue weighted by molar-refractivity contribution is 0.102. The molecule has 0 aliphatic carbocycles. The Labute approximate surface area is 160 Å². The molecule has 1 amide bonds. The maximum atomic E-state index is 12.6. The van der Waals surface area contributed by atoms with Crippen molar-refractivity contribution in [3.05, 3.63) is 49.8 Å². The van der Waals surface area contributed by atoms with Crippen LogP contribution in [0.3, 0.4) is 0 Å². The van der Waals surface area contributed by atoms with Crippen LogP contribution in [0.25, 0.3) is 16.9 Å². The zero-order valence-corrected chi connectivity index (χ0v) is 15.8. The van der Waals surface area contributed by atoms with Gasteiger partial charge in [-0.05, 0) is 19.1 Å². The maximum Gasteiger partial charge on any atom is 0.263 e. The highest BCUT2D eigenvalue weighted by atomic mass is 35.5. The number of halogens is 2. The van der Waals surface area contributed by atoms with Crippen molar-refractivity contribution >= 4 is 62.6 Å². The second kappa shape index (κ2) is 6.38. The van der Waals surface area contributed by atoms with E-state index >= 15 is 0 Å². The summed E-state index contributed by atoms with van der Waals surface area (Å²) in [6.45, 7) is 1.77. The normalized spacial score (nSPS) is 11.2. The molecule has 1 N–H and O–H groups in total. The molecule has 0 saturated heterocycles. The van der Waals surface area contributed by atoms with Crippen LogP contribution in [0.15, 0.2) is 29.9 Å². The van der Waals surface area contributed by atoms with E-state index in [0.29, 0.717) is 36.4 Å². The van der Waals surface area contributed by atoms with Crippen LogP contribution in [0.5, 0.6) is 0 Å². The summed E-state index contributed by atoms with van der Waals surface area (Å²) in [6, 6.07) is 3.51. The molecule has 0 spiro atoms. The van der Waals surface area contributed by atoms with E-state index in [2.05, 4.69) is 20.4 Å². The Hall–Kier alpha value is -2.00. The molecular weight excluding hydrogens is 401 g/mol. The van der Waals surface area contributed by atoms with Gasteiger partial charge in [-0.3, -0.25) is 10.1 Å². The van der Waals surface area contributed by atoms with E-state index in [1.807, 2.05) is 5.38 Å². The van der Waals surface area contributed by atoms with Crippen LogP contribution < -0.4 is 5.32 Å². The summed E-state index contributed by atoms with van der Waals surface area (Å²) in [5.74, 6) is -0.304. The quantitative estimate of drug-likeness (QED) is 0.528. The molecule has 4 aromatic heterocycles. The van der Waals surface area contributed by atoms with Crippen molar-refractivity contribution in [3.63, 3.8) is 0 Å². The number of nitrogens with one attached hydrogen (secondary N) is 1. The van der Waals surface area contributed by atoms with E-state index in [4.69, 9.17) is 23.2 Å². The monoisotopic (exact) mass is 409 g/mol. The molecule has 4 aromatic rings. The molecule has 0 atom stereocenters. The molecule has 10 heteroatoms. The van der Waals surface area contributed by atoms with Crippen LogP contribution in [0.4, 0.5) is 5.13 Å². The number of carbonyl (C=O) groups excluding carboxylic acids is 1. The van der Waals surface area contributed by atoms with Crippen LogP contribution in [0, 0.1) is 6.92 Å². The summed E-state index contributed by atoms with van der Waals surface area (Å²) in [5.41, 5.74) is 2.95. The number of aromatic nitrogens is 4. The number of aryl methyl sites for hydroxylation is 1. The summed E-state index contributed by atoms with van der Waals surface area (Å²) in [6.07, 6.45) is 3.37. The zero-order chi connectivity index (χ0) is 17.6. The molecule has 4 heterocycles. The first-order valence-electron chi connectivity index (χ1n) is 7.05. The van der Waals surface area contributed by atoms with Gasteiger partial charge in [-0.2, -0.15) is 5.10 Å². The second-order valence-corrected chi connectivity index (χ2v) is 8.22. The number of hydrogen-bond acceptors (Lipinski definition) is 6. The van der Waals surface area contributed by atoms with Crippen molar-refractivity contribution in [2.45, 2.75) is 6.92 Å². The summed E-state index contributed by atoms with van der Waals surface area (Å²) < 4.78 is 2.73. The number of amides is 1. The van der Waals surface area contributed by atoms with Crippen molar-refractivity contribution < 1.29 is 4.79 Å². The molecule has 4 rings (SSSR count). The standard InChI is InChI=1S/C15H9Cl2N5OS2/c1-7-11(13-18-3-2-4-22(13)21-7)14(23)20-15-19-9(6-24-15)8-5-10(16)25-12(8)17/h2-6H,1H3,(H,19,20,23). The third-order valence-corrected chi connectivity index (χ3v) is 5.70. The Balaban J connectivity index is 1.63. The lowest BCUT2D eigenvalue weighted by Gasteiger charge is -2.00. The number of thiazole rings is 1. The molecule has 6 nitrogen and oxygen atoms in total. The van der Waals surface area contributed by atoms with Crippen LogP contribution in [0.1, 0.15) is 16.1 Å². The lowest BCUT2D eigenvalue weighted by Crippen LogP contribution is -2.13. The first-order valence-corrected chi connectivity index (χ1v) is 9.50. The van der Waals surface area contributed by atoms with Gasteiger partial charge in [0.15, 0.2) is 10.8 Å². The minimum Gasteiger partial charge on any atom is -0.298 e. The Morgan fingerprint density at radius 2 is 2.20 bits per heavy atom. The van der Waals surface area contributed by atoms with Gasteiger partial charge in [-0.1, -0.05) is 23.2 Å². The summed E-state index contributed by atoms with van der Waals surface area (Å²) in [5, 5.41) is 9.37. The molecular formula is C15H9Cl2N5OS2. The van der Waals surface area contributed by atoms with Crippen molar-refractivity contribution in [1.29, 1.82) is 0 Å². The number of carbonyl (C=O) groups is 1. The average Bonchev–Trinajstić information content (AvgIpc) is 3.23. The second-order valence-electron chi connectivity index (χ2n) is 5.08. The third-order valence-electron chi connectivity index (χ3n) is 3.45. The highest BCUT2D eigenvalue weighted by Gasteiger charge is 2.20. The largest absolute Gasteiger partial charge is 0.298 e. The van der Waals surface area contributed by atoms with Gasteiger partial charge in [0.1, 0.15) is 9.90 Å². The zero-order valence-electron chi connectivity index (χ0n) is 12.7. The van der Waals surface area contributed by atoms with Crippen LogP contribution in [0.2, 0.25) is 8.67 Å². The molecule has 0 unspecified atom stereocenters. The number of nitrogens with zero attached hydrogens (tertiary/aromatic N) is 4. The van der Waals surface area contributed by atoms with Crippen LogP contribution in [-0.4, -0.2) is 25.5 Å². The maximum absolute atomic E-state index is 12.6. The van der Waals surface area contributed by atoms with Gasteiger partial charge in [-0.25, -0.2) is 14.5 Å². The Morgan fingerprint density at radius 3 is 2.96 bits per heavy atom. The smallest absolute Gasteiger partial charge is 0.263 e. The van der Waals surface area contributed by atoms with Gasteiger partial charge in [0, 0.05) is 23.3 Å². The van der Waals surface area contributed by atoms with Gasteiger partial charge >= 0.3 is 0 Å². The number of hydrogen-bond donors (Lipinski definition) is 1. The van der Waals surface area contributed by atoms with E-state index < -0.39 is 0 Å². The first kappa shape index (κ1) is 16.5. The van der Waals surface area contributed by atoms with Gasteiger partial charge in [0.25, 0.3) is 5.91 Å². The molecule has 0 fully saturated rings. The highest BCUT2D eigenvalue weighted by molar-refractivity contribution is 7.20. The van der Waals surface area contributed by atoms with Gasteiger partial charge < -0.3 is 0 Å². The molecule has 0 aliphatic heterocycles. The summed E-state index contributed by atoms with van der Waals surface area (Å²) in [4.78, 5) is 21.3. The SMILES string of the molecule is Cc1nn2cccnc2c1C(=O)Nc1nc(-c2cc(Cl)sc2Cl)cs1. The summed E-state index contributed by atoms with van der Waals surface area (Å²) >= 11 is 14.7. The molecule has 0 saturated carbocycles. The predicted octanol–water partition coefficient (Wildman–Crippen LogP) is 4.78. The third kappa shape index (κ3) is 3.02. The number of fused-ring (bicyclic) bond motifs is 1. The Kier molecular flexibility index (Phi) is 4.20. The fraction of sp³-hybridized carbons (Fsp3) is 0.0667. The van der Waals surface area contributed by atoms with Crippen molar-refractivity contribution in [1.82, 2.24) is 19.6 Å². The molecule has 0 aromatic carbocycles. The highest BCUT2D eigenvalue weighted by Crippen LogP contribution is 2.39. The van der Waals surface area contributed by atoms with Crippen molar-refractivity contribution in [2.24, 2.45) is 0 Å². The van der Waals surface area contributed by atoms with Crippen molar-refractivity contribution in [2.75, 3.05) is 5.32 Å². The molecule has 126 valence electrons. The minimum absolute atomic E-state index is 0.304. The predicted molar refractivity (Wildman–Crippen MR) is 101 cm³/mol. The molecule has 0 aliphatic rings. The first-order chi connectivity index (χ1) is 12.0. The minimum atomic E-state index is -0.304. The van der Waals surface area contributed by atoms with E-state index in [9.17, 15) is 4.79 Å². The average molecular weight is 410 g/mol. The molecule has 25 heavy (non-hydrogen) atoms. The fourth-order valence-electron chi connectivity index (χ4n) is 2.39. The summed E-state index contributed by atoms with van der Waals surface area (Å²) in [7, 11) is 0. The van der Waals surface area contributed by atoms with Crippen LogP contribution in [-0.2, 0) is 0 Å². The number of anilines is 1. The Morgan fingerprint density at radius 1 is 1.36 bits per heavy atom. The molecule has 0 bridgehead atoms. The van der Waals surface area contributed by atoms with Gasteiger partial charge in [0.05, 0.1) is 15.7 Å². The van der Waals surface area contributed by atoms with E-state index in [1.54, 1.807) is 36.0 Å². The van der Waals surface area contributed by atoms with Crippen LogP contribution >= 0.6 is 45.9 Å². The van der Waals surface area contributed by atoms with Gasteiger partial charge in [0.2, 0.25) is 0 Å². The van der Waals surface area contributed by atoms with E-state index in [0.717, 1.165) is 5.56 Å². The molecule has 0 radical (unpaired) electrons. The van der Waals surface area contributed by atoms with E-state index in [-0.39, 0.29) is 5.91 Å². The van der Waals surface area contributed by atoms with Crippen molar-refractivity contribution in [3.8, 4) is 11.3 Å². The topological polar surface area (TPSA) is 72.2 Å².